The first kappa shape index (κ1) is 16.0. The van der Waals surface area contributed by atoms with Crippen molar-refractivity contribution in [1.82, 2.24) is 4.90 Å². The molecule has 1 aliphatic heterocycles. The van der Waals surface area contributed by atoms with Crippen LogP contribution in [-0.4, -0.2) is 24.0 Å². The highest BCUT2D eigenvalue weighted by Crippen LogP contribution is 2.24. The average molecular weight is 339 g/mol. The fourth-order valence-corrected chi connectivity index (χ4v) is 3.64. The molecule has 0 saturated carbocycles. The maximum absolute atomic E-state index is 6.35. The van der Waals surface area contributed by atoms with Gasteiger partial charge in [-0.05, 0) is 49.9 Å². The third-order valence-corrected chi connectivity index (χ3v) is 4.87. The Morgan fingerprint density at radius 1 is 1.40 bits per heavy atom. The number of hydrogen-bond donors (Lipinski definition) is 1. The molecular weight excluding hydrogens is 312 g/mol. The maximum atomic E-state index is 6.35. The normalized spacial score (nSPS) is 21.9. The molecule has 112 valence electrons. The SMILES string of the molecule is CCCC1CCCCN1CCC(N)c1cccc(Br)c1. The van der Waals surface area contributed by atoms with Crippen molar-refractivity contribution in [2.75, 3.05) is 13.1 Å². The minimum Gasteiger partial charge on any atom is -0.324 e. The van der Waals surface area contributed by atoms with Gasteiger partial charge in [-0.2, -0.15) is 0 Å². The van der Waals surface area contributed by atoms with Crippen LogP contribution in [0.1, 0.15) is 57.1 Å². The van der Waals surface area contributed by atoms with Crippen molar-refractivity contribution in [1.29, 1.82) is 0 Å². The molecule has 1 fully saturated rings. The number of likely N-dealkylation sites (tertiary alicyclic amines) is 1. The molecule has 3 heteroatoms. The number of piperidine rings is 1. The third kappa shape index (κ3) is 4.57. The summed E-state index contributed by atoms with van der Waals surface area (Å²) in [7, 11) is 0. The summed E-state index contributed by atoms with van der Waals surface area (Å²) < 4.78 is 1.12. The van der Waals surface area contributed by atoms with Crippen molar-refractivity contribution < 1.29 is 0 Å². The van der Waals surface area contributed by atoms with E-state index >= 15 is 0 Å². The summed E-state index contributed by atoms with van der Waals surface area (Å²) >= 11 is 3.52. The van der Waals surface area contributed by atoms with E-state index in [1.807, 2.05) is 0 Å². The number of hydrogen-bond acceptors (Lipinski definition) is 2. The van der Waals surface area contributed by atoms with Gasteiger partial charge in [0.1, 0.15) is 0 Å². The van der Waals surface area contributed by atoms with Crippen LogP contribution < -0.4 is 5.73 Å². The van der Waals surface area contributed by atoms with Crippen LogP contribution in [0.2, 0.25) is 0 Å². The molecule has 1 saturated heterocycles. The van der Waals surface area contributed by atoms with Gasteiger partial charge in [0, 0.05) is 23.1 Å². The first-order valence-electron chi connectivity index (χ1n) is 7.95. The van der Waals surface area contributed by atoms with Gasteiger partial charge in [-0.1, -0.05) is 47.8 Å². The highest BCUT2D eigenvalue weighted by Gasteiger charge is 2.21. The van der Waals surface area contributed by atoms with E-state index in [1.54, 1.807) is 0 Å². The Morgan fingerprint density at radius 2 is 2.25 bits per heavy atom. The molecule has 2 rings (SSSR count). The summed E-state index contributed by atoms with van der Waals surface area (Å²) in [5.74, 6) is 0. The molecule has 2 N–H and O–H groups in total. The minimum atomic E-state index is 0.150. The predicted molar refractivity (Wildman–Crippen MR) is 89.8 cm³/mol. The zero-order valence-corrected chi connectivity index (χ0v) is 14.1. The van der Waals surface area contributed by atoms with Crippen LogP contribution in [0.5, 0.6) is 0 Å². The van der Waals surface area contributed by atoms with E-state index in [0.717, 1.165) is 23.5 Å². The zero-order valence-electron chi connectivity index (χ0n) is 12.5. The van der Waals surface area contributed by atoms with Gasteiger partial charge >= 0.3 is 0 Å². The fraction of sp³-hybridized carbons (Fsp3) is 0.647. The minimum absolute atomic E-state index is 0.150. The van der Waals surface area contributed by atoms with Gasteiger partial charge in [-0.15, -0.1) is 0 Å². The molecule has 0 spiro atoms. The Kier molecular flexibility index (Phi) is 6.53. The molecular formula is C17H27BrN2. The molecule has 2 nitrogen and oxygen atoms in total. The van der Waals surface area contributed by atoms with E-state index < -0.39 is 0 Å². The lowest BCUT2D eigenvalue weighted by molar-refractivity contribution is 0.135. The van der Waals surface area contributed by atoms with Crippen molar-refractivity contribution in [3.05, 3.63) is 34.3 Å². The van der Waals surface area contributed by atoms with Crippen molar-refractivity contribution in [2.45, 2.75) is 57.5 Å². The summed E-state index contributed by atoms with van der Waals surface area (Å²) in [5, 5.41) is 0. The van der Waals surface area contributed by atoms with E-state index in [9.17, 15) is 0 Å². The van der Waals surface area contributed by atoms with Crippen LogP contribution >= 0.6 is 15.9 Å². The van der Waals surface area contributed by atoms with Crippen LogP contribution in [-0.2, 0) is 0 Å². The smallest absolute Gasteiger partial charge is 0.0307 e. The zero-order chi connectivity index (χ0) is 14.4. The Balaban J connectivity index is 1.86. The van der Waals surface area contributed by atoms with Crippen LogP contribution in [0.3, 0.4) is 0 Å². The second-order valence-electron chi connectivity index (χ2n) is 5.92. The summed E-state index contributed by atoms with van der Waals surface area (Å²) in [6.07, 6.45) is 7.81. The van der Waals surface area contributed by atoms with Crippen molar-refractivity contribution in [2.24, 2.45) is 5.73 Å². The molecule has 1 aromatic rings. The highest BCUT2D eigenvalue weighted by molar-refractivity contribution is 9.10. The molecule has 0 aromatic heterocycles. The molecule has 20 heavy (non-hydrogen) atoms. The predicted octanol–water partition coefficient (Wildman–Crippen LogP) is 4.49. The average Bonchev–Trinajstić information content (AvgIpc) is 2.46. The summed E-state index contributed by atoms with van der Waals surface area (Å²) in [5.41, 5.74) is 7.59. The lowest BCUT2D eigenvalue weighted by Gasteiger charge is -2.36. The van der Waals surface area contributed by atoms with Crippen LogP contribution in [0.4, 0.5) is 0 Å². The molecule has 1 aromatic carbocycles. The summed E-state index contributed by atoms with van der Waals surface area (Å²) in [6, 6.07) is 9.35. The summed E-state index contributed by atoms with van der Waals surface area (Å²) in [4.78, 5) is 2.67. The third-order valence-electron chi connectivity index (χ3n) is 4.38. The van der Waals surface area contributed by atoms with Crippen LogP contribution in [0.25, 0.3) is 0 Å². The number of rotatable bonds is 6. The number of nitrogens with zero attached hydrogens (tertiary/aromatic N) is 1. The molecule has 1 heterocycles. The van der Waals surface area contributed by atoms with Gasteiger partial charge < -0.3 is 10.6 Å². The van der Waals surface area contributed by atoms with E-state index in [-0.39, 0.29) is 6.04 Å². The molecule has 0 amide bonds. The van der Waals surface area contributed by atoms with Gasteiger partial charge in [-0.25, -0.2) is 0 Å². The lowest BCUT2D eigenvalue weighted by Crippen LogP contribution is -2.40. The molecule has 0 bridgehead atoms. The maximum Gasteiger partial charge on any atom is 0.0307 e. The molecule has 0 aliphatic carbocycles. The second-order valence-corrected chi connectivity index (χ2v) is 6.84. The Bertz CT molecular complexity index is 406. The summed E-state index contributed by atoms with van der Waals surface area (Å²) in [6.45, 7) is 4.69. The largest absolute Gasteiger partial charge is 0.324 e. The van der Waals surface area contributed by atoms with Crippen LogP contribution in [0, 0.1) is 0 Å². The van der Waals surface area contributed by atoms with Crippen molar-refractivity contribution in [3.8, 4) is 0 Å². The van der Waals surface area contributed by atoms with E-state index in [2.05, 4.69) is 52.0 Å². The van der Waals surface area contributed by atoms with E-state index in [1.165, 1.54) is 44.2 Å². The van der Waals surface area contributed by atoms with Gasteiger partial charge in [0.2, 0.25) is 0 Å². The first-order chi connectivity index (χ1) is 9.70. The Hall–Kier alpha value is -0.380. The Morgan fingerprint density at radius 3 is 3.00 bits per heavy atom. The lowest BCUT2D eigenvalue weighted by atomic mass is 9.97. The highest BCUT2D eigenvalue weighted by atomic mass is 79.9. The van der Waals surface area contributed by atoms with Crippen molar-refractivity contribution >= 4 is 15.9 Å². The van der Waals surface area contributed by atoms with Gasteiger partial charge in [0.25, 0.3) is 0 Å². The number of benzene rings is 1. The van der Waals surface area contributed by atoms with Crippen molar-refractivity contribution in [3.63, 3.8) is 0 Å². The number of halogens is 1. The quantitative estimate of drug-likeness (QED) is 0.827. The second kappa shape index (κ2) is 8.16. The Labute approximate surface area is 131 Å². The van der Waals surface area contributed by atoms with Crippen LogP contribution in [0.15, 0.2) is 28.7 Å². The van der Waals surface area contributed by atoms with E-state index in [4.69, 9.17) is 5.73 Å². The first-order valence-corrected chi connectivity index (χ1v) is 8.75. The topological polar surface area (TPSA) is 29.3 Å². The molecule has 0 radical (unpaired) electrons. The van der Waals surface area contributed by atoms with Gasteiger partial charge in [0.15, 0.2) is 0 Å². The molecule has 2 unspecified atom stereocenters. The van der Waals surface area contributed by atoms with E-state index in [0.29, 0.717) is 0 Å². The number of nitrogens with two attached hydrogens (primary N) is 1. The standard InChI is InChI=1S/C17H27BrN2/c1-2-6-16-9-3-4-11-20(16)12-10-17(19)14-7-5-8-15(18)13-14/h5,7-8,13,16-17H,2-4,6,9-12,19H2,1H3. The van der Waals surface area contributed by atoms with Gasteiger partial charge in [-0.3, -0.25) is 0 Å². The molecule has 2 atom stereocenters. The van der Waals surface area contributed by atoms with Gasteiger partial charge in [0.05, 0.1) is 0 Å². The molecule has 1 aliphatic rings. The fourth-order valence-electron chi connectivity index (χ4n) is 3.22. The monoisotopic (exact) mass is 338 g/mol.